The van der Waals surface area contributed by atoms with Crippen molar-refractivity contribution in [2.75, 3.05) is 0 Å². The normalized spacial score (nSPS) is 18.4. The molecule has 0 saturated heterocycles. The second-order valence-corrected chi connectivity index (χ2v) is 1.61. The first-order valence-electron chi connectivity index (χ1n) is 2.47. The summed E-state index contributed by atoms with van der Waals surface area (Å²) < 4.78 is 0. The second-order valence-electron chi connectivity index (χ2n) is 1.61. The molecule has 7 heavy (non-hydrogen) atoms. The van der Waals surface area contributed by atoms with Gasteiger partial charge in [-0.15, -0.1) is 0 Å². The monoisotopic (exact) mass is 95.0 g/mol. The summed E-state index contributed by atoms with van der Waals surface area (Å²) in [6.45, 7) is 1.97. The molecule has 37 valence electrons. The molecule has 0 aromatic carbocycles. The van der Waals surface area contributed by atoms with Crippen molar-refractivity contribution in [3.8, 4) is 0 Å². The van der Waals surface area contributed by atoms with Gasteiger partial charge in [0.05, 0.1) is 0 Å². The highest BCUT2D eigenvalue weighted by Crippen LogP contribution is 2.14. The van der Waals surface area contributed by atoms with Crippen molar-refractivity contribution in [3.63, 3.8) is 0 Å². The van der Waals surface area contributed by atoms with Crippen LogP contribution in [0.5, 0.6) is 0 Å². The lowest BCUT2D eigenvalue weighted by Gasteiger charge is -2.07. The van der Waals surface area contributed by atoms with Gasteiger partial charge in [-0.25, -0.2) is 0 Å². The Labute approximate surface area is 43.0 Å². The quantitative estimate of drug-likeness (QED) is 0.476. The first kappa shape index (κ1) is 4.57. The highest BCUT2D eigenvalue weighted by atomic mass is 16.1. The highest BCUT2D eigenvalue weighted by molar-refractivity contribution is 6.00. The molecule has 0 N–H and O–H groups in total. The highest BCUT2D eigenvalue weighted by Gasteiger charge is 2.14. The van der Waals surface area contributed by atoms with Gasteiger partial charge in [-0.1, -0.05) is 6.92 Å². The molecule has 0 heterocycles. The van der Waals surface area contributed by atoms with Gasteiger partial charge in [-0.2, -0.15) is 0 Å². The maximum atomic E-state index is 10.4. The number of hydrogen-bond donors (Lipinski definition) is 0. The molecule has 1 heteroatoms. The smallest absolute Gasteiger partial charge is 0.163 e. The number of carbonyl (C=O) groups is 1. The third kappa shape index (κ3) is 0.581. The lowest BCUT2D eigenvalue weighted by molar-refractivity contribution is -0.116. The van der Waals surface area contributed by atoms with E-state index in [0.29, 0.717) is 6.42 Å². The van der Waals surface area contributed by atoms with Crippen LogP contribution in [0.15, 0.2) is 5.57 Å². The molecule has 0 amide bonds. The van der Waals surface area contributed by atoms with E-state index < -0.39 is 0 Å². The SMILES string of the molecule is CCC1=[C]CC1=O. The number of Topliss-reactive ketones (excluding diaryl/α,β-unsaturated/α-hetero) is 1. The van der Waals surface area contributed by atoms with Gasteiger partial charge in [0.1, 0.15) is 0 Å². The van der Waals surface area contributed by atoms with Crippen LogP contribution in [-0.4, -0.2) is 5.78 Å². The van der Waals surface area contributed by atoms with Crippen molar-refractivity contribution in [1.29, 1.82) is 0 Å². The van der Waals surface area contributed by atoms with Crippen LogP contribution in [0.4, 0.5) is 0 Å². The Morgan fingerprint density at radius 3 is 2.57 bits per heavy atom. The van der Waals surface area contributed by atoms with Crippen LogP contribution < -0.4 is 0 Å². The van der Waals surface area contributed by atoms with E-state index in [0.717, 1.165) is 12.0 Å². The zero-order valence-electron chi connectivity index (χ0n) is 4.32. The van der Waals surface area contributed by atoms with Gasteiger partial charge in [0.25, 0.3) is 0 Å². The molecule has 0 saturated carbocycles. The van der Waals surface area contributed by atoms with E-state index in [2.05, 4.69) is 6.08 Å². The minimum atomic E-state index is 0.280. The molecule has 0 bridgehead atoms. The molecule has 0 aromatic rings. The van der Waals surface area contributed by atoms with Crippen LogP contribution in [0, 0.1) is 6.08 Å². The molecular weight excluding hydrogens is 88.1 g/mol. The van der Waals surface area contributed by atoms with E-state index in [4.69, 9.17) is 0 Å². The van der Waals surface area contributed by atoms with Gasteiger partial charge < -0.3 is 0 Å². The molecule has 1 rings (SSSR count). The van der Waals surface area contributed by atoms with Crippen molar-refractivity contribution in [1.82, 2.24) is 0 Å². The van der Waals surface area contributed by atoms with E-state index in [1.807, 2.05) is 6.92 Å². The second kappa shape index (κ2) is 1.49. The summed E-state index contributed by atoms with van der Waals surface area (Å²) >= 11 is 0. The molecule has 0 aliphatic heterocycles. The predicted octanol–water partition coefficient (Wildman–Crippen LogP) is 1.10. The topological polar surface area (TPSA) is 17.1 Å². The van der Waals surface area contributed by atoms with Crippen LogP contribution in [0.3, 0.4) is 0 Å². The van der Waals surface area contributed by atoms with E-state index in [1.54, 1.807) is 0 Å². The van der Waals surface area contributed by atoms with Gasteiger partial charge in [0.2, 0.25) is 0 Å². The Bertz CT molecular complexity index is 122. The molecule has 1 aliphatic carbocycles. The number of rotatable bonds is 1. The van der Waals surface area contributed by atoms with Gasteiger partial charge in [0, 0.05) is 6.42 Å². The lowest BCUT2D eigenvalue weighted by atomic mass is 9.95. The molecule has 0 fully saturated rings. The number of ketones is 1. The third-order valence-electron chi connectivity index (χ3n) is 1.15. The zero-order chi connectivity index (χ0) is 5.28. The summed E-state index contributed by atoms with van der Waals surface area (Å²) in [6, 6.07) is 0. The zero-order valence-corrected chi connectivity index (χ0v) is 4.32. The average Bonchev–Trinajstić information content (AvgIpc) is 1.65. The first-order chi connectivity index (χ1) is 3.34. The largest absolute Gasteiger partial charge is 0.294 e. The van der Waals surface area contributed by atoms with Crippen molar-refractivity contribution in [2.24, 2.45) is 0 Å². The maximum absolute atomic E-state index is 10.4. The average molecular weight is 95.1 g/mol. The number of allylic oxidation sites excluding steroid dienone is 2. The lowest BCUT2D eigenvalue weighted by Crippen LogP contribution is -2.09. The summed E-state index contributed by atoms with van der Waals surface area (Å²) in [5.41, 5.74) is 0.889. The molecule has 1 radical (unpaired) electrons. The molecule has 0 spiro atoms. The summed E-state index contributed by atoms with van der Waals surface area (Å²) in [6.07, 6.45) is 4.33. The summed E-state index contributed by atoms with van der Waals surface area (Å²) in [5.74, 6) is 0.280. The molecule has 1 aliphatic rings. The number of carbonyl (C=O) groups excluding carboxylic acids is 1. The van der Waals surface area contributed by atoms with E-state index >= 15 is 0 Å². The van der Waals surface area contributed by atoms with Gasteiger partial charge in [-0.3, -0.25) is 4.79 Å². The number of hydrogen-bond acceptors (Lipinski definition) is 1. The van der Waals surface area contributed by atoms with Gasteiger partial charge >= 0.3 is 0 Å². The fourth-order valence-electron chi connectivity index (χ4n) is 0.608. The Balaban J connectivity index is 2.57. The van der Waals surface area contributed by atoms with Crippen LogP contribution in [-0.2, 0) is 4.79 Å². The minimum Gasteiger partial charge on any atom is -0.294 e. The first-order valence-corrected chi connectivity index (χ1v) is 2.47. The summed E-state index contributed by atoms with van der Waals surface area (Å²) in [7, 11) is 0. The Morgan fingerprint density at radius 2 is 2.57 bits per heavy atom. The van der Waals surface area contributed by atoms with Crippen molar-refractivity contribution < 1.29 is 4.79 Å². The van der Waals surface area contributed by atoms with Crippen molar-refractivity contribution in [3.05, 3.63) is 11.6 Å². The van der Waals surface area contributed by atoms with Crippen LogP contribution in [0.25, 0.3) is 0 Å². The molecule has 0 unspecified atom stereocenters. The van der Waals surface area contributed by atoms with E-state index in [9.17, 15) is 4.79 Å². The van der Waals surface area contributed by atoms with E-state index in [-0.39, 0.29) is 5.78 Å². The predicted molar refractivity (Wildman–Crippen MR) is 26.7 cm³/mol. The van der Waals surface area contributed by atoms with Crippen molar-refractivity contribution in [2.45, 2.75) is 19.8 Å². The minimum absolute atomic E-state index is 0.280. The standard InChI is InChI=1S/C6H7O/c1-2-5-3-4-6(5)7/h2,4H2,1H3. The van der Waals surface area contributed by atoms with Gasteiger partial charge in [0.15, 0.2) is 5.78 Å². The Morgan fingerprint density at radius 1 is 1.86 bits per heavy atom. The molecule has 1 nitrogen and oxygen atoms in total. The maximum Gasteiger partial charge on any atom is 0.163 e. The molecular formula is C6H7O. The van der Waals surface area contributed by atoms with Crippen LogP contribution in [0.1, 0.15) is 19.8 Å². The van der Waals surface area contributed by atoms with Crippen molar-refractivity contribution >= 4 is 5.78 Å². The fourth-order valence-corrected chi connectivity index (χ4v) is 0.608. The Hall–Kier alpha value is -0.590. The fraction of sp³-hybridized carbons (Fsp3) is 0.500. The summed E-state index contributed by atoms with van der Waals surface area (Å²) in [5, 5.41) is 0. The van der Waals surface area contributed by atoms with Crippen LogP contribution >= 0.6 is 0 Å². The van der Waals surface area contributed by atoms with E-state index in [1.165, 1.54) is 0 Å². The van der Waals surface area contributed by atoms with Crippen LogP contribution in [0.2, 0.25) is 0 Å². The molecule has 0 atom stereocenters. The van der Waals surface area contributed by atoms with Gasteiger partial charge in [-0.05, 0) is 18.1 Å². The summed E-state index contributed by atoms with van der Waals surface area (Å²) in [4.78, 5) is 10.4. The molecule has 0 aromatic heterocycles. The third-order valence-corrected chi connectivity index (χ3v) is 1.15. The Kier molecular flexibility index (Phi) is 0.970.